The second-order valence-electron chi connectivity index (χ2n) is 17.7. The zero-order chi connectivity index (χ0) is 34.0. The van der Waals surface area contributed by atoms with Crippen LogP contribution in [0.15, 0.2) is 11.6 Å². The van der Waals surface area contributed by atoms with Crippen molar-refractivity contribution in [2.24, 2.45) is 39.4 Å². The number of aliphatic hydroxyl groups excluding tert-OH is 5. The van der Waals surface area contributed by atoms with Crippen molar-refractivity contribution >= 4 is 5.78 Å². The van der Waals surface area contributed by atoms with Gasteiger partial charge in [0, 0.05) is 23.2 Å². The fraction of sp³-hybridized carbons (Fsp3) is 0.917. The second kappa shape index (κ2) is 11.0. The average molecular weight is 651 g/mol. The van der Waals surface area contributed by atoms with Gasteiger partial charge < -0.3 is 44.8 Å². The van der Waals surface area contributed by atoms with E-state index in [1.165, 1.54) is 0 Å². The number of carbonyl (C=O) groups is 1. The molecule has 15 atom stereocenters. The van der Waals surface area contributed by atoms with Crippen molar-refractivity contribution in [1.29, 1.82) is 0 Å². The lowest BCUT2D eigenvalue weighted by Crippen LogP contribution is -2.64. The van der Waals surface area contributed by atoms with Gasteiger partial charge in [0.15, 0.2) is 6.29 Å². The Labute approximate surface area is 273 Å². The molecule has 46 heavy (non-hydrogen) atoms. The Morgan fingerprint density at radius 1 is 0.957 bits per heavy atom. The van der Waals surface area contributed by atoms with Crippen LogP contribution in [-0.4, -0.2) is 103 Å². The van der Waals surface area contributed by atoms with Gasteiger partial charge in [-0.1, -0.05) is 46.3 Å². The topological polar surface area (TPSA) is 166 Å². The Kier molecular flexibility index (Phi) is 8.36. The largest absolute Gasteiger partial charge is 0.394 e. The van der Waals surface area contributed by atoms with Crippen LogP contribution in [0.4, 0.5) is 0 Å². The standard InChI is InChI=1S/C36H58O10/c1-31(2)18-9-11-22-33(5)15-20(38)29(35(7)14-13-25(46-35)32(3,4)43)34(33,6)16-23(39)36(22,8)19(18)10-12-24(31)45-30-28(42)27(41)26(40)21(17-37)44-30/h9,19-22,24-30,37-38,40-43H,10-17H2,1-8H3. The summed E-state index contributed by atoms with van der Waals surface area (Å²) in [4.78, 5) is 14.7. The molecule has 2 aliphatic heterocycles. The molecule has 262 valence electrons. The zero-order valence-electron chi connectivity index (χ0n) is 28.9. The molecular weight excluding hydrogens is 592 g/mol. The summed E-state index contributed by atoms with van der Waals surface area (Å²) in [5.41, 5.74) is -2.45. The van der Waals surface area contributed by atoms with E-state index in [9.17, 15) is 35.4 Å². The summed E-state index contributed by atoms with van der Waals surface area (Å²) in [6.45, 7) is 15.9. The Hall–Kier alpha value is -0.950. The van der Waals surface area contributed by atoms with E-state index in [0.717, 1.165) is 12.0 Å². The highest BCUT2D eigenvalue weighted by atomic mass is 16.7. The van der Waals surface area contributed by atoms with Gasteiger partial charge in [0.1, 0.15) is 30.2 Å². The van der Waals surface area contributed by atoms with E-state index >= 15 is 0 Å². The molecule has 5 fully saturated rings. The summed E-state index contributed by atoms with van der Waals surface area (Å²) in [6, 6.07) is 0. The third-order valence-corrected chi connectivity index (χ3v) is 14.5. The van der Waals surface area contributed by atoms with Gasteiger partial charge in [0.25, 0.3) is 0 Å². The van der Waals surface area contributed by atoms with E-state index in [4.69, 9.17) is 14.2 Å². The summed E-state index contributed by atoms with van der Waals surface area (Å²) in [7, 11) is 0. The third-order valence-electron chi connectivity index (χ3n) is 14.5. The number of rotatable bonds is 5. The van der Waals surface area contributed by atoms with E-state index in [1.807, 2.05) is 0 Å². The van der Waals surface area contributed by atoms with Gasteiger partial charge in [-0.15, -0.1) is 0 Å². The molecule has 0 aromatic rings. The summed E-state index contributed by atoms with van der Waals surface area (Å²) < 4.78 is 18.7. The number of hydrogen-bond acceptors (Lipinski definition) is 10. The quantitative estimate of drug-likeness (QED) is 0.244. The molecule has 15 unspecified atom stereocenters. The Balaban J connectivity index is 1.29. The summed E-state index contributed by atoms with van der Waals surface area (Å²) in [5.74, 6) is -0.000412. The molecule has 0 bridgehead atoms. The molecule has 6 rings (SSSR count). The summed E-state index contributed by atoms with van der Waals surface area (Å²) >= 11 is 0. The average Bonchev–Trinajstić information content (AvgIpc) is 3.45. The lowest BCUT2D eigenvalue weighted by atomic mass is 9.38. The van der Waals surface area contributed by atoms with Crippen LogP contribution in [0.25, 0.3) is 0 Å². The van der Waals surface area contributed by atoms with Crippen LogP contribution < -0.4 is 0 Å². The fourth-order valence-electron chi connectivity index (χ4n) is 11.7. The van der Waals surface area contributed by atoms with Gasteiger partial charge in [0.05, 0.1) is 36.1 Å². The van der Waals surface area contributed by atoms with Crippen molar-refractivity contribution in [3.8, 4) is 0 Å². The Morgan fingerprint density at radius 3 is 2.24 bits per heavy atom. The third kappa shape index (κ3) is 4.72. The molecule has 4 aliphatic carbocycles. The van der Waals surface area contributed by atoms with Crippen LogP contribution in [0, 0.1) is 39.4 Å². The maximum atomic E-state index is 14.7. The van der Waals surface area contributed by atoms with E-state index in [-0.39, 0.29) is 35.1 Å². The second-order valence-corrected chi connectivity index (χ2v) is 17.7. The number of hydrogen-bond donors (Lipinski definition) is 6. The molecule has 0 spiro atoms. The fourth-order valence-corrected chi connectivity index (χ4v) is 11.7. The van der Waals surface area contributed by atoms with Gasteiger partial charge in [-0.2, -0.15) is 0 Å². The normalized spacial score (nSPS) is 53.7. The number of allylic oxidation sites excluding steroid dienone is 1. The molecule has 10 nitrogen and oxygen atoms in total. The number of ketones is 1. The van der Waals surface area contributed by atoms with Crippen molar-refractivity contribution in [1.82, 2.24) is 0 Å². The lowest BCUT2D eigenvalue weighted by molar-refractivity contribution is -0.319. The van der Waals surface area contributed by atoms with Crippen molar-refractivity contribution in [3.63, 3.8) is 0 Å². The Bertz CT molecular complexity index is 1240. The number of ether oxygens (including phenoxy) is 3. The van der Waals surface area contributed by atoms with E-state index in [1.54, 1.807) is 13.8 Å². The first-order valence-corrected chi connectivity index (χ1v) is 17.4. The van der Waals surface area contributed by atoms with Crippen molar-refractivity contribution in [2.75, 3.05) is 6.61 Å². The van der Waals surface area contributed by atoms with Gasteiger partial charge in [-0.3, -0.25) is 4.79 Å². The number of fused-ring (bicyclic) bond motifs is 5. The van der Waals surface area contributed by atoms with Gasteiger partial charge in [0.2, 0.25) is 0 Å². The molecule has 0 aromatic carbocycles. The molecule has 6 aliphatic rings. The zero-order valence-corrected chi connectivity index (χ0v) is 28.9. The molecule has 0 radical (unpaired) electrons. The summed E-state index contributed by atoms with van der Waals surface area (Å²) in [5, 5.41) is 63.5. The maximum absolute atomic E-state index is 14.7. The predicted octanol–water partition coefficient (Wildman–Crippen LogP) is 2.64. The molecule has 2 heterocycles. The van der Waals surface area contributed by atoms with Crippen LogP contribution in [-0.2, 0) is 19.0 Å². The molecule has 3 saturated carbocycles. The molecule has 0 aromatic heterocycles. The monoisotopic (exact) mass is 650 g/mol. The first-order chi connectivity index (χ1) is 21.2. The van der Waals surface area contributed by atoms with Crippen molar-refractivity contribution in [2.45, 2.75) is 161 Å². The number of Topliss-reactive ketones (excluding diaryl/α,β-unsaturated/α-hetero) is 1. The van der Waals surface area contributed by atoms with Crippen molar-refractivity contribution in [3.05, 3.63) is 11.6 Å². The molecule has 2 saturated heterocycles. The number of aliphatic hydroxyl groups is 6. The minimum Gasteiger partial charge on any atom is -0.394 e. The smallest absolute Gasteiger partial charge is 0.187 e. The van der Waals surface area contributed by atoms with E-state index in [0.29, 0.717) is 38.5 Å². The minimum atomic E-state index is -1.51. The molecular formula is C36H58O10. The van der Waals surface area contributed by atoms with Gasteiger partial charge in [-0.05, 0) is 82.0 Å². The molecule has 0 amide bonds. The van der Waals surface area contributed by atoms with Crippen molar-refractivity contribution < 1.29 is 49.6 Å². The minimum absolute atomic E-state index is 0.0149. The SMILES string of the molecule is CC(C)(O)C1CCC(C)(C2C(O)CC3(C)C4CC=C5C(CCC(OC6OC(CO)C(O)C(O)C6O)C5(C)C)C4(C)C(=O)CC23C)O1. The van der Waals surface area contributed by atoms with Crippen LogP contribution >= 0.6 is 0 Å². The van der Waals surface area contributed by atoms with Crippen LogP contribution in [0.3, 0.4) is 0 Å². The first kappa shape index (κ1) is 34.9. The van der Waals surface area contributed by atoms with Gasteiger partial charge >= 0.3 is 0 Å². The van der Waals surface area contributed by atoms with Gasteiger partial charge in [-0.25, -0.2) is 0 Å². The molecule has 10 heteroatoms. The Morgan fingerprint density at radius 2 is 1.63 bits per heavy atom. The van der Waals surface area contributed by atoms with E-state index < -0.39 is 77.0 Å². The van der Waals surface area contributed by atoms with E-state index in [2.05, 4.69) is 47.6 Å². The predicted molar refractivity (Wildman–Crippen MR) is 168 cm³/mol. The first-order valence-electron chi connectivity index (χ1n) is 17.4. The van der Waals surface area contributed by atoms with Crippen LogP contribution in [0.1, 0.15) is 100 Å². The summed E-state index contributed by atoms with van der Waals surface area (Å²) in [6.07, 6.45) is -1.37. The highest BCUT2D eigenvalue weighted by Crippen LogP contribution is 2.75. The highest BCUT2D eigenvalue weighted by molar-refractivity contribution is 5.88. The highest BCUT2D eigenvalue weighted by Gasteiger charge is 2.74. The number of carbonyl (C=O) groups excluding carboxylic acids is 1. The molecule has 6 N–H and O–H groups in total. The van der Waals surface area contributed by atoms with Crippen LogP contribution in [0.5, 0.6) is 0 Å². The van der Waals surface area contributed by atoms with Crippen LogP contribution in [0.2, 0.25) is 0 Å². The maximum Gasteiger partial charge on any atom is 0.187 e. The lowest BCUT2D eigenvalue weighted by Gasteiger charge is -2.65.